The molecule has 0 spiro atoms. The van der Waals surface area contributed by atoms with E-state index in [-0.39, 0.29) is 0 Å². The van der Waals surface area contributed by atoms with Gasteiger partial charge in [-0.2, -0.15) is 0 Å². The zero-order valence-corrected chi connectivity index (χ0v) is 23.2. The molecule has 0 radical (unpaired) electrons. The number of aliphatic hydroxyl groups excluding tert-OH is 2. The van der Waals surface area contributed by atoms with Gasteiger partial charge in [-0.3, -0.25) is 28.8 Å². The lowest BCUT2D eigenvalue weighted by Gasteiger charge is -2.47. The van der Waals surface area contributed by atoms with Gasteiger partial charge in [-0.1, -0.05) is 0 Å². The summed E-state index contributed by atoms with van der Waals surface area (Å²) in [5, 5.41) is 21.4. The van der Waals surface area contributed by atoms with E-state index >= 15 is 0 Å². The second-order valence-electron chi connectivity index (χ2n) is 9.10. The Kier molecular flexibility index (Phi) is 12.4. The van der Waals surface area contributed by atoms with Crippen molar-refractivity contribution in [2.75, 3.05) is 13.2 Å². The van der Waals surface area contributed by atoms with Crippen molar-refractivity contribution in [1.82, 2.24) is 0 Å². The van der Waals surface area contributed by atoms with Crippen LogP contribution in [0.1, 0.15) is 41.5 Å². The van der Waals surface area contributed by atoms with Crippen LogP contribution in [0.4, 0.5) is 0 Å². The highest BCUT2D eigenvalue weighted by Gasteiger charge is 2.56. The van der Waals surface area contributed by atoms with Gasteiger partial charge in [0.15, 0.2) is 37.0 Å². The standard InChI is InChI=1S/C24H34O17/c1-9(25)33-7-15-17(31)19(35-11(3)27)22(38-14(6)30)24(40-15)41-18-16(8-34-10(2)26)39-23(32)21(37-13(5)29)20(18)36-12(4)28/h15-24,31-32H,7-8H2,1-6H3/t15-,16-,17-,18+,19+,20+,21+,22-,23+,24+/m0/s1. The zero-order valence-electron chi connectivity index (χ0n) is 23.2. The SMILES string of the molecule is CC(=O)OC[C@@H]1O[C@H](O[C@H]2[C@@H](OC(C)=O)[C@@H](OC(C)=O)[C@H](O)O[C@H]2COC(C)=O)[C@@H](OC(C)=O)[C@H](OC(C)=O)[C@H]1O. The van der Waals surface area contributed by atoms with Crippen molar-refractivity contribution < 1.29 is 81.6 Å². The van der Waals surface area contributed by atoms with Crippen molar-refractivity contribution in [3.63, 3.8) is 0 Å². The fourth-order valence-electron chi connectivity index (χ4n) is 4.17. The maximum absolute atomic E-state index is 12.0. The summed E-state index contributed by atoms with van der Waals surface area (Å²) in [7, 11) is 0. The van der Waals surface area contributed by atoms with Crippen LogP contribution in [-0.2, 0) is 71.4 Å². The number of carbonyl (C=O) groups excluding carboxylic acids is 6. The molecule has 0 aliphatic carbocycles. The topological polar surface area (TPSA) is 226 Å². The molecule has 2 aliphatic heterocycles. The van der Waals surface area contributed by atoms with Gasteiger partial charge in [0.25, 0.3) is 0 Å². The van der Waals surface area contributed by atoms with E-state index in [0.29, 0.717) is 0 Å². The summed E-state index contributed by atoms with van der Waals surface area (Å²) in [4.78, 5) is 70.6. The maximum Gasteiger partial charge on any atom is 0.303 e. The van der Waals surface area contributed by atoms with Gasteiger partial charge in [0.05, 0.1) is 0 Å². The van der Waals surface area contributed by atoms with Crippen LogP contribution < -0.4 is 0 Å². The predicted molar refractivity (Wildman–Crippen MR) is 126 cm³/mol. The number of ether oxygens (including phenoxy) is 9. The second-order valence-corrected chi connectivity index (χ2v) is 9.10. The fourth-order valence-corrected chi connectivity index (χ4v) is 4.17. The van der Waals surface area contributed by atoms with Gasteiger partial charge in [0, 0.05) is 41.5 Å². The normalized spacial score (nSPS) is 33.1. The van der Waals surface area contributed by atoms with Crippen molar-refractivity contribution in [2.24, 2.45) is 0 Å². The molecule has 0 aromatic carbocycles. The number of carbonyl (C=O) groups is 6. The second kappa shape index (κ2) is 15.0. The van der Waals surface area contributed by atoms with Gasteiger partial charge in [-0.25, -0.2) is 0 Å². The number of esters is 6. The summed E-state index contributed by atoms with van der Waals surface area (Å²) in [6.07, 6.45) is -16.3. The Morgan fingerprint density at radius 1 is 0.537 bits per heavy atom. The molecular formula is C24H34O17. The lowest BCUT2D eigenvalue weighted by molar-refractivity contribution is -0.357. The van der Waals surface area contributed by atoms with Crippen molar-refractivity contribution in [2.45, 2.75) is 103 Å². The van der Waals surface area contributed by atoms with Crippen LogP contribution in [0.5, 0.6) is 0 Å². The minimum atomic E-state index is -1.88. The van der Waals surface area contributed by atoms with Crippen molar-refractivity contribution >= 4 is 35.8 Å². The van der Waals surface area contributed by atoms with Crippen LogP contribution in [0.15, 0.2) is 0 Å². The monoisotopic (exact) mass is 594 g/mol. The third kappa shape index (κ3) is 9.89. The number of rotatable bonds is 10. The van der Waals surface area contributed by atoms with Gasteiger partial charge in [0.1, 0.15) is 37.6 Å². The lowest BCUT2D eigenvalue weighted by Crippen LogP contribution is -2.66. The quantitative estimate of drug-likeness (QED) is 0.206. The molecule has 0 saturated carbocycles. The molecule has 2 rings (SSSR count). The molecule has 0 amide bonds. The van der Waals surface area contributed by atoms with E-state index < -0.39 is 110 Å². The largest absolute Gasteiger partial charge is 0.463 e. The Hall–Kier alpha value is -3.38. The molecule has 2 aliphatic rings. The Bertz CT molecular complexity index is 981. The summed E-state index contributed by atoms with van der Waals surface area (Å²) in [5.41, 5.74) is 0. The highest BCUT2D eigenvalue weighted by Crippen LogP contribution is 2.33. The summed E-state index contributed by atoms with van der Waals surface area (Å²) in [5.74, 6) is -5.07. The molecule has 0 aromatic heterocycles. The van der Waals surface area contributed by atoms with Crippen molar-refractivity contribution in [1.29, 1.82) is 0 Å². The van der Waals surface area contributed by atoms with E-state index in [9.17, 15) is 39.0 Å². The van der Waals surface area contributed by atoms with Gasteiger partial charge in [0.2, 0.25) is 0 Å². The number of hydrogen-bond acceptors (Lipinski definition) is 17. The Morgan fingerprint density at radius 2 is 0.976 bits per heavy atom. The van der Waals surface area contributed by atoms with Gasteiger partial charge in [-0.05, 0) is 0 Å². The molecule has 2 heterocycles. The van der Waals surface area contributed by atoms with Crippen LogP contribution in [-0.4, -0.2) is 121 Å². The molecule has 0 bridgehead atoms. The number of hydrogen-bond donors (Lipinski definition) is 2. The van der Waals surface area contributed by atoms with Crippen LogP contribution >= 0.6 is 0 Å². The highest BCUT2D eigenvalue weighted by atomic mass is 16.8. The summed E-state index contributed by atoms with van der Waals surface area (Å²) < 4.78 is 48.0. The Morgan fingerprint density at radius 3 is 1.46 bits per heavy atom. The predicted octanol–water partition coefficient (Wildman–Crippen LogP) is -1.97. The van der Waals surface area contributed by atoms with E-state index in [2.05, 4.69) is 0 Å². The minimum absolute atomic E-state index is 0.554. The number of aliphatic hydroxyl groups is 2. The molecule has 17 heteroatoms. The molecular weight excluding hydrogens is 560 g/mol. The smallest absolute Gasteiger partial charge is 0.303 e. The fraction of sp³-hybridized carbons (Fsp3) is 0.750. The van der Waals surface area contributed by atoms with E-state index in [1.54, 1.807) is 0 Å². The molecule has 2 saturated heterocycles. The average Bonchev–Trinajstić information content (AvgIpc) is 2.83. The maximum atomic E-state index is 12.0. The van der Waals surface area contributed by atoms with E-state index in [1.165, 1.54) is 0 Å². The van der Waals surface area contributed by atoms with Crippen LogP contribution in [0.3, 0.4) is 0 Å². The van der Waals surface area contributed by atoms with Gasteiger partial charge >= 0.3 is 35.8 Å². The van der Waals surface area contributed by atoms with E-state index in [4.69, 9.17) is 42.6 Å². The van der Waals surface area contributed by atoms with Crippen molar-refractivity contribution in [3.8, 4) is 0 Å². The van der Waals surface area contributed by atoms with E-state index in [0.717, 1.165) is 41.5 Å². The van der Waals surface area contributed by atoms with E-state index in [1.807, 2.05) is 0 Å². The minimum Gasteiger partial charge on any atom is -0.463 e. The first kappa shape index (κ1) is 33.8. The molecule has 0 unspecified atom stereocenters. The van der Waals surface area contributed by atoms with Gasteiger partial charge < -0.3 is 52.8 Å². The highest BCUT2D eigenvalue weighted by molar-refractivity contribution is 5.68. The molecule has 2 N–H and O–H groups in total. The molecule has 0 aromatic rings. The Balaban J connectivity index is 2.57. The average molecular weight is 595 g/mol. The zero-order chi connectivity index (χ0) is 31.0. The summed E-state index contributed by atoms with van der Waals surface area (Å²) in [6, 6.07) is 0. The van der Waals surface area contributed by atoms with Crippen LogP contribution in [0, 0.1) is 0 Å². The summed E-state index contributed by atoms with van der Waals surface area (Å²) in [6.45, 7) is 5.14. The third-order valence-electron chi connectivity index (χ3n) is 5.63. The third-order valence-corrected chi connectivity index (χ3v) is 5.63. The molecule has 41 heavy (non-hydrogen) atoms. The summed E-state index contributed by atoms with van der Waals surface area (Å²) >= 11 is 0. The van der Waals surface area contributed by atoms with Crippen LogP contribution in [0.25, 0.3) is 0 Å². The van der Waals surface area contributed by atoms with Crippen molar-refractivity contribution in [3.05, 3.63) is 0 Å². The molecule has 10 atom stereocenters. The first-order chi connectivity index (χ1) is 19.1. The lowest BCUT2D eigenvalue weighted by atomic mass is 9.96. The van der Waals surface area contributed by atoms with Crippen LogP contribution in [0.2, 0.25) is 0 Å². The van der Waals surface area contributed by atoms with Gasteiger partial charge in [-0.15, -0.1) is 0 Å². The molecule has 2 fully saturated rings. The molecule has 17 nitrogen and oxygen atoms in total. The first-order valence-electron chi connectivity index (χ1n) is 12.4. The Labute approximate surface area is 234 Å². The molecule has 232 valence electrons. The first-order valence-corrected chi connectivity index (χ1v) is 12.4.